The third kappa shape index (κ3) is 5.17. The lowest BCUT2D eigenvalue weighted by molar-refractivity contribution is -0.921. The summed E-state index contributed by atoms with van der Waals surface area (Å²) in [5.41, 5.74) is 0. The fraction of sp³-hybridized carbons (Fsp3) is 0.571. The van der Waals surface area contributed by atoms with E-state index < -0.39 is 0 Å². The Kier molecular flexibility index (Phi) is 7.65. The van der Waals surface area contributed by atoms with Gasteiger partial charge in [-0.05, 0) is 27.7 Å². The van der Waals surface area contributed by atoms with Gasteiger partial charge in [0.2, 0.25) is 0 Å². The van der Waals surface area contributed by atoms with Crippen molar-refractivity contribution in [3.8, 4) is 5.75 Å². The zero-order valence-electron chi connectivity index (χ0n) is 11.1. The number of hydrogen-bond acceptors (Lipinski definition) is 1. The van der Waals surface area contributed by atoms with Gasteiger partial charge in [-0.2, -0.15) is 0 Å². The fourth-order valence-electron chi connectivity index (χ4n) is 1.76. The molecule has 0 spiro atoms. The molecule has 1 aromatic carbocycles. The van der Waals surface area contributed by atoms with Gasteiger partial charge >= 0.3 is 0 Å². The molecule has 0 radical (unpaired) electrons. The molecular formula is C14H25NO. The second-order valence-corrected chi connectivity index (χ2v) is 3.92. The first kappa shape index (κ1) is 15.0. The molecule has 0 unspecified atom stereocenters. The molecule has 0 aliphatic carbocycles. The molecular weight excluding hydrogens is 198 g/mol. The van der Waals surface area contributed by atoms with Gasteiger partial charge in [-0.1, -0.05) is 30.3 Å². The van der Waals surface area contributed by atoms with Crippen molar-refractivity contribution in [2.75, 3.05) is 26.2 Å². The monoisotopic (exact) mass is 223 g/mol. The van der Waals surface area contributed by atoms with Gasteiger partial charge in [-0.3, -0.25) is 0 Å². The highest BCUT2D eigenvalue weighted by molar-refractivity contribution is 5.17. The summed E-state index contributed by atoms with van der Waals surface area (Å²) in [5, 5.41) is 10.3. The van der Waals surface area contributed by atoms with Crippen molar-refractivity contribution in [2.45, 2.75) is 27.7 Å². The highest BCUT2D eigenvalue weighted by Crippen LogP contribution is 2.03. The van der Waals surface area contributed by atoms with Crippen LogP contribution >= 0.6 is 0 Å². The molecule has 2 heteroatoms. The molecule has 0 N–H and O–H groups in total. The number of nitrogens with zero attached hydrogens (tertiary/aromatic N) is 1. The maximum Gasteiger partial charge on any atom is 0.0757 e. The molecule has 2 nitrogen and oxygen atoms in total. The van der Waals surface area contributed by atoms with E-state index in [9.17, 15) is 5.11 Å². The molecule has 0 heterocycles. The Bertz CT molecular complexity index is 237. The lowest BCUT2D eigenvalue weighted by Crippen LogP contribution is -2.47. The topological polar surface area (TPSA) is 23.1 Å². The third-order valence-corrected chi connectivity index (χ3v) is 3.43. The van der Waals surface area contributed by atoms with Gasteiger partial charge in [-0.25, -0.2) is 0 Å². The zero-order valence-corrected chi connectivity index (χ0v) is 11.1. The van der Waals surface area contributed by atoms with Gasteiger partial charge in [0, 0.05) is 0 Å². The molecule has 1 rings (SSSR count). The Morgan fingerprint density at radius 1 is 0.812 bits per heavy atom. The molecule has 0 fully saturated rings. The molecule has 16 heavy (non-hydrogen) atoms. The molecule has 0 aromatic heterocycles. The van der Waals surface area contributed by atoms with Crippen molar-refractivity contribution in [3.05, 3.63) is 30.3 Å². The summed E-state index contributed by atoms with van der Waals surface area (Å²) in [6, 6.07) is 8.33. The molecule has 0 aliphatic heterocycles. The first-order chi connectivity index (χ1) is 7.64. The van der Waals surface area contributed by atoms with E-state index in [1.54, 1.807) is 12.1 Å². The van der Waals surface area contributed by atoms with Crippen LogP contribution in [0.25, 0.3) is 0 Å². The summed E-state index contributed by atoms with van der Waals surface area (Å²) >= 11 is 0. The van der Waals surface area contributed by atoms with Crippen LogP contribution in [0.4, 0.5) is 0 Å². The number of benzene rings is 1. The van der Waals surface area contributed by atoms with E-state index in [1.165, 1.54) is 42.8 Å². The molecule has 0 bridgehead atoms. The van der Waals surface area contributed by atoms with Crippen LogP contribution in [0.3, 0.4) is 0 Å². The van der Waals surface area contributed by atoms with Crippen molar-refractivity contribution in [1.29, 1.82) is 0 Å². The summed E-state index contributed by atoms with van der Waals surface area (Å²) in [5.74, 6) is 0.0718. The van der Waals surface area contributed by atoms with Crippen LogP contribution in [0, 0.1) is 0 Å². The molecule has 92 valence electrons. The van der Waals surface area contributed by atoms with Gasteiger partial charge in [-0.15, -0.1) is 5.75 Å². The van der Waals surface area contributed by atoms with Gasteiger partial charge in [0.05, 0.1) is 26.2 Å². The van der Waals surface area contributed by atoms with Crippen molar-refractivity contribution >= 4 is 0 Å². The number of hydrogen-bond donors (Lipinski definition) is 0. The van der Waals surface area contributed by atoms with Crippen molar-refractivity contribution in [3.63, 3.8) is 0 Å². The average molecular weight is 223 g/mol. The Labute approximate surface area is 100 Å². The van der Waals surface area contributed by atoms with Crippen LogP contribution in [-0.4, -0.2) is 30.7 Å². The van der Waals surface area contributed by atoms with E-state index >= 15 is 0 Å². The lowest BCUT2D eigenvalue weighted by atomic mass is 10.3. The minimum absolute atomic E-state index is 0.0718. The Morgan fingerprint density at radius 3 is 1.31 bits per heavy atom. The van der Waals surface area contributed by atoms with E-state index in [1.807, 2.05) is 6.07 Å². The maximum atomic E-state index is 10.3. The standard InChI is InChI=1S/C8H20N.C6H6O/c1-5-9(6-2,7-3)8-4;7-6-4-2-1-3-5-6/h5-8H2,1-4H3;1-5,7H/q+1;/p-1. The predicted molar refractivity (Wildman–Crippen MR) is 68.3 cm³/mol. The van der Waals surface area contributed by atoms with E-state index in [2.05, 4.69) is 27.7 Å². The molecule has 0 saturated carbocycles. The van der Waals surface area contributed by atoms with Gasteiger partial charge in [0.25, 0.3) is 0 Å². The second kappa shape index (κ2) is 8.17. The molecule has 0 amide bonds. The summed E-state index contributed by atoms with van der Waals surface area (Å²) < 4.78 is 1.28. The number of rotatable bonds is 4. The highest BCUT2D eigenvalue weighted by atomic mass is 16.3. The largest absolute Gasteiger partial charge is 0.872 e. The molecule has 0 saturated heterocycles. The van der Waals surface area contributed by atoms with Crippen LogP contribution in [0.15, 0.2) is 30.3 Å². The van der Waals surface area contributed by atoms with Crippen LogP contribution < -0.4 is 5.11 Å². The zero-order chi connectivity index (χ0) is 12.4. The summed E-state index contributed by atoms with van der Waals surface area (Å²) in [6.07, 6.45) is 0. The normalized spacial score (nSPS) is 10.5. The number of quaternary nitrogens is 1. The average Bonchev–Trinajstić information content (AvgIpc) is 2.35. The SMILES string of the molecule is CC[N+](CC)(CC)CC.[O-]c1ccccc1. The van der Waals surface area contributed by atoms with E-state index in [0.29, 0.717) is 0 Å². The summed E-state index contributed by atoms with van der Waals surface area (Å²) in [6.45, 7) is 14.2. The minimum Gasteiger partial charge on any atom is -0.872 e. The van der Waals surface area contributed by atoms with E-state index in [4.69, 9.17) is 0 Å². The van der Waals surface area contributed by atoms with E-state index in [-0.39, 0.29) is 5.75 Å². The smallest absolute Gasteiger partial charge is 0.0757 e. The molecule has 0 atom stereocenters. The van der Waals surface area contributed by atoms with Crippen molar-refractivity contribution < 1.29 is 9.59 Å². The first-order valence-electron chi connectivity index (χ1n) is 6.21. The Balaban J connectivity index is 0.000000288. The van der Waals surface area contributed by atoms with Crippen LogP contribution in [0.5, 0.6) is 5.75 Å². The molecule has 1 aromatic rings. The van der Waals surface area contributed by atoms with Gasteiger partial charge in [0.1, 0.15) is 0 Å². The Morgan fingerprint density at radius 2 is 1.19 bits per heavy atom. The van der Waals surface area contributed by atoms with Crippen molar-refractivity contribution in [1.82, 2.24) is 0 Å². The highest BCUT2D eigenvalue weighted by Gasteiger charge is 2.16. The van der Waals surface area contributed by atoms with Gasteiger partial charge < -0.3 is 9.59 Å². The van der Waals surface area contributed by atoms with Crippen LogP contribution in [-0.2, 0) is 0 Å². The van der Waals surface area contributed by atoms with Crippen LogP contribution in [0.2, 0.25) is 0 Å². The maximum absolute atomic E-state index is 10.3. The predicted octanol–water partition coefficient (Wildman–Crippen LogP) is 2.64. The third-order valence-electron chi connectivity index (χ3n) is 3.43. The first-order valence-corrected chi connectivity index (χ1v) is 6.21. The number of para-hydroxylation sites is 1. The molecule has 0 aliphatic rings. The van der Waals surface area contributed by atoms with E-state index in [0.717, 1.165) is 0 Å². The fourth-order valence-corrected chi connectivity index (χ4v) is 1.76. The minimum atomic E-state index is 0.0718. The van der Waals surface area contributed by atoms with Gasteiger partial charge in [0.15, 0.2) is 0 Å². The van der Waals surface area contributed by atoms with Crippen LogP contribution in [0.1, 0.15) is 27.7 Å². The summed E-state index contributed by atoms with van der Waals surface area (Å²) in [4.78, 5) is 0. The Hall–Kier alpha value is -1.02. The second-order valence-electron chi connectivity index (χ2n) is 3.92. The summed E-state index contributed by atoms with van der Waals surface area (Å²) in [7, 11) is 0. The lowest BCUT2D eigenvalue weighted by Gasteiger charge is -2.34. The quantitative estimate of drug-likeness (QED) is 0.720. The van der Waals surface area contributed by atoms with Crippen molar-refractivity contribution in [2.24, 2.45) is 0 Å².